The third-order valence-corrected chi connectivity index (χ3v) is 5.95. The molecule has 0 unspecified atom stereocenters. The van der Waals surface area contributed by atoms with Crippen LogP contribution >= 0.6 is 11.8 Å². The average Bonchev–Trinajstić information content (AvgIpc) is 2.74. The van der Waals surface area contributed by atoms with Gasteiger partial charge in [0, 0.05) is 17.1 Å². The summed E-state index contributed by atoms with van der Waals surface area (Å²) in [5.41, 5.74) is 1.64. The standard InChI is InChI=1S/C22H27N3O2S/c1-16(21(26)24-19-12-6-7-13-20(19)28-2)25-14-8-9-17(15-25)22(27)23-18-10-4-3-5-11-18/h3-7,10-13,16-17H,8-9,14-15H2,1-2H3,(H,23,27)(H,24,26)/t16-,17+/m0/s1. The average molecular weight is 398 g/mol. The van der Waals surface area contributed by atoms with E-state index >= 15 is 0 Å². The molecule has 2 aromatic carbocycles. The Hall–Kier alpha value is -2.31. The number of anilines is 2. The molecule has 0 aliphatic carbocycles. The largest absolute Gasteiger partial charge is 0.326 e. The first-order valence-electron chi connectivity index (χ1n) is 9.62. The lowest BCUT2D eigenvalue weighted by Gasteiger charge is -2.35. The maximum absolute atomic E-state index is 12.8. The van der Waals surface area contributed by atoms with Gasteiger partial charge in [-0.05, 0) is 56.8 Å². The molecule has 0 aromatic heterocycles. The van der Waals surface area contributed by atoms with Gasteiger partial charge >= 0.3 is 0 Å². The first-order valence-corrected chi connectivity index (χ1v) is 10.8. The van der Waals surface area contributed by atoms with Crippen molar-refractivity contribution in [3.8, 4) is 0 Å². The second-order valence-electron chi connectivity index (χ2n) is 7.05. The van der Waals surface area contributed by atoms with Crippen LogP contribution in [0, 0.1) is 5.92 Å². The summed E-state index contributed by atoms with van der Waals surface area (Å²) < 4.78 is 0. The monoisotopic (exact) mass is 397 g/mol. The van der Waals surface area contributed by atoms with Gasteiger partial charge in [0.15, 0.2) is 0 Å². The molecule has 1 heterocycles. The summed E-state index contributed by atoms with van der Waals surface area (Å²) in [7, 11) is 0. The van der Waals surface area contributed by atoms with E-state index in [1.54, 1.807) is 11.8 Å². The normalized spacial score (nSPS) is 18.3. The van der Waals surface area contributed by atoms with Crippen molar-refractivity contribution in [1.82, 2.24) is 4.90 Å². The molecule has 2 amide bonds. The minimum absolute atomic E-state index is 0.0243. The molecule has 2 N–H and O–H groups in total. The van der Waals surface area contributed by atoms with Crippen molar-refractivity contribution in [3.05, 3.63) is 54.6 Å². The van der Waals surface area contributed by atoms with Gasteiger partial charge in [0.1, 0.15) is 0 Å². The number of nitrogens with one attached hydrogen (secondary N) is 2. The molecule has 0 radical (unpaired) electrons. The number of thioether (sulfide) groups is 1. The van der Waals surface area contributed by atoms with E-state index in [0.717, 1.165) is 35.7 Å². The van der Waals surface area contributed by atoms with Gasteiger partial charge in [-0.15, -0.1) is 11.8 Å². The summed E-state index contributed by atoms with van der Waals surface area (Å²) in [4.78, 5) is 28.6. The van der Waals surface area contributed by atoms with Crippen LogP contribution in [0.4, 0.5) is 11.4 Å². The Bertz CT molecular complexity index is 812. The van der Waals surface area contributed by atoms with Crippen LogP contribution in [0.5, 0.6) is 0 Å². The second kappa shape index (κ2) is 9.75. The van der Waals surface area contributed by atoms with Crippen LogP contribution in [0.25, 0.3) is 0 Å². The van der Waals surface area contributed by atoms with Crippen LogP contribution in [0.3, 0.4) is 0 Å². The van der Waals surface area contributed by atoms with Gasteiger partial charge in [-0.2, -0.15) is 0 Å². The first-order chi connectivity index (χ1) is 13.6. The fraction of sp³-hybridized carbons (Fsp3) is 0.364. The fourth-order valence-electron chi connectivity index (χ4n) is 3.49. The lowest BCUT2D eigenvalue weighted by molar-refractivity contribution is -0.125. The summed E-state index contributed by atoms with van der Waals surface area (Å²) >= 11 is 1.61. The Labute approximate surface area is 170 Å². The zero-order valence-electron chi connectivity index (χ0n) is 16.4. The van der Waals surface area contributed by atoms with Crippen LogP contribution in [-0.4, -0.2) is 42.1 Å². The number of hydrogen-bond acceptors (Lipinski definition) is 4. The SMILES string of the molecule is CSc1ccccc1NC(=O)[C@H](C)N1CCC[C@@H](C(=O)Nc2ccccc2)C1. The molecule has 1 saturated heterocycles. The van der Waals surface area contributed by atoms with Crippen molar-refractivity contribution in [2.24, 2.45) is 5.92 Å². The third-order valence-electron chi connectivity index (χ3n) is 5.16. The van der Waals surface area contributed by atoms with Crippen LogP contribution in [-0.2, 0) is 9.59 Å². The molecule has 148 valence electrons. The van der Waals surface area contributed by atoms with E-state index in [1.807, 2.05) is 67.8 Å². The molecule has 0 saturated carbocycles. The van der Waals surface area contributed by atoms with Crippen LogP contribution in [0.15, 0.2) is 59.5 Å². The van der Waals surface area contributed by atoms with E-state index in [1.165, 1.54) is 0 Å². The molecule has 6 heteroatoms. The molecular weight excluding hydrogens is 370 g/mol. The third kappa shape index (κ3) is 5.14. The second-order valence-corrected chi connectivity index (χ2v) is 7.90. The number of para-hydroxylation sites is 2. The number of carbonyl (C=O) groups excluding carboxylic acids is 2. The van der Waals surface area contributed by atoms with E-state index in [-0.39, 0.29) is 23.8 Å². The number of nitrogens with zero attached hydrogens (tertiary/aromatic N) is 1. The van der Waals surface area contributed by atoms with Crippen LogP contribution in [0.2, 0.25) is 0 Å². The molecule has 0 spiro atoms. The molecule has 2 atom stereocenters. The van der Waals surface area contributed by atoms with Crippen LogP contribution in [0.1, 0.15) is 19.8 Å². The van der Waals surface area contributed by atoms with Gasteiger partial charge < -0.3 is 10.6 Å². The van der Waals surface area contributed by atoms with E-state index in [9.17, 15) is 9.59 Å². The molecule has 28 heavy (non-hydrogen) atoms. The van der Waals surface area contributed by atoms with E-state index in [4.69, 9.17) is 0 Å². The van der Waals surface area contributed by atoms with E-state index in [0.29, 0.717) is 6.54 Å². The maximum Gasteiger partial charge on any atom is 0.241 e. The lowest BCUT2D eigenvalue weighted by Crippen LogP contribution is -2.49. The highest BCUT2D eigenvalue weighted by atomic mass is 32.2. The smallest absolute Gasteiger partial charge is 0.241 e. The minimum Gasteiger partial charge on any atom is -0.326 e. The van der Waals surface area contributed by atoms with Gasteiger partial charge in [0.25, 0.3) is 0 Å². The van der Waals surface area contributed by atoms with Crippen molar-refractivity contribution in [1.29, 1.82) is 0 Å². The zero-order chi connectivity index (χ0) is 19.9. The molecular formula is C22H27N3O2S. The highest BCUT2D eigenvalue weighted by Gasteiger charge is 2.31. The lowest BCUT2D eigenvalue weighted by atomic mass is 9.95. The predicted molar refractivity (Wildman–Crippen MR) is 116 cm³/mol. The summed E-state index contributed by atoms with van der Waals surface area (Å²) in [6.45, 7) is 3.33. The molecule has 3 rings (SSSR count). The van der Waals surface area contributed by atoms with E-state index in [2.05, 4.69) is 15.5 Å². The molecule has 0 bridgehead atoms. The highest BCUT2D eigenvalue weighted by Crippen LogP contribution is 2.26. The minimum atomic E-state index is -0.290. The number of carbonyl (C=O) groups is 2. The van der Waals surface area contributed by atoms with Crippen LogP contribution < -0.4 is 10.6 Å². The Balaban J connectivity index is 1.59. The molecule has 5 nitrogen and oxygen atoms in total. The summed E-state index contributed by atoms with van der Waals surface area (Å²) in [6.07, 6.45) is 3.75. The number of benzene rings is 2. The quantitative estimate of drug-likeness (QED) is 0.721. The number of rotatable bonds is 6. The first kappa shape index (κ1) is 20.4. The maximum atomic E-state index is 12.8. The predicted octanol–water partition coefficient (Wildman–Crippen LogP) is 4.09. The molecule has 1 fully saturated rings. The van der Waals surface area contributed by atoms with Crippen molar-refractivity contribution < 1.29 is 9.59 Å². The van der Waals surface area contributed by atoms with Crippen molar-refractivity contribution >= 4 is 35.0 Å². The fourth-order valence-corrected chi connectivity index (χ4v) is 4.04. The number of likely N-dealkylation sites (tertiary alicyclic amines) is 1. The number of piperidine rings is 1. The van der Waals surface area contributed by atoms with Gasteiger partial charge in [-0.1, -0.05) is 30.3 Å². The Morgan fingerprint density at radius 3 is 2.54 bits per heavy atom. The molecule has 1 aliphatic rings. The zero-order valence-corrected chi connectivity index (χ0v) is 17.2. The van der Waals surface area contributed by atoms with Crippen molar-refractivity contribution in [3.63, 3.8) is 0 Å². The van der Waals surface area contributed by atoms with Gasteiger partial charge in [0.2, 0.25) is 11.8 Å². The molecule has 1 aliphatic heterocycles. The van der Waals surface area contributed by atoms with Crippen molar-refractivity contribution in [2.75, 3.05) is 30.0 Å². The Kier molecular flexibility index (Phi) is 7.12. The van der Waals surface area contributed by atoms with Gasteiger partial charge in [0.05, 0.1) is 17.6 Å². The van der Waals surface area contributed by atoms with Gasteiger partial charge in [-0.25, -0.2) is 0 Å². The summed E-state index contributed by atoms with van der Waals surface area (Å²) in [5, 5.41) is 6.03. The summed E-state index contributed by atoms with van der Waals surface area (Å²) in [5.74, 6) is -0.121. The van der Waals surface area contributed by atoms with Gasteiger partial charge in [-0.3, -0.25) is 14.5 Å². The van der Waals surface area contributed by atoms with Crippen molar-refractivity contribution in [2.45, 2.75) is 30.7 Å². The summed E-state index contributed by atoms with van der Waals surface area (Å²) in [6, 6.07) is 17.0. The van der Waals surface area contributed by atoms with E-state index < -0.39 is 0 Å². The Morgan fingerprint density at radius 2 is 1.79 bits per heavy atom. The Morgan fingerprint density at radius 1 is 1.07 bits per heavy atom. The topological polar surface area (TPSA) is 61.4 Å². The number of amides is 2. The number of hydrogen-bond donors (Lipinski definition) is 2. The highest BCUT2D eigenvalue weighted by molar-refractivity contribution is 7.98. The molecule has 2 aromatic rings.